The Labute approximate surface area is 136 Å². The molecule has 0 unspecified atom stereocenters. The second-order valence-corrected chi connectivity index (χ2v) is 7.61. The molecule has 3 heterocycles. The minimum absolute atomic E-state index is 0.303. The summed E-state index contributed by atoms with van der Waals surface area (Å²) in [5.41, 5.74) is 5.47. The molecule has 2 N–H and O–H groups in total. The van der Waals surface area contributed by atoms with E-state index in [0.717, 1.165) is 45.1 Å². The molecule has 0 amide bonds. The Morgan fingerprint density at radius 3 is 2.48 bits per heavy atom. The van der Waals surface area contributed by atoms with E-state index >= 15 is 0 Å². The Balaban J connectivity index is 1.46. The molecule has 21 heavy (non-hydrogen) atoms. The largest absolute Gasteiger partial charge is 0.338 e. The molecule has 1 aliphatic heterocycles. The molecule has 1 aliphatic rings. The van der Waals surface area contributed by atoms with Crippen LogP contribution in [-0.4, -0.2) is 46.1 Å². The predicted molar refractivity (Wildman–Crippen MR) is 84.8 cm³/mol. The van der Waals surface area contributed by atoms with Crippen LogP contribution in [0.4, 0.5) is 0 Å². The number of thiophene rings is 1. The van der Waals surface area contributed by atoms with E-state index in [0.29, 0.717) is 12.4 Å². The van der Waals surface area contributed by atoms with Crippen LogP contribution in [0.2, 0.25) is 0 Å². The van der Waals surface area contributed by atoms with Crippen LogP contribution >= 0.6 is 27.3 Å². The molecule has 0 aromatic carbocycles. The zero-order chi connectivity index (χ0) is 14.7. The number of aromatic nitrogens is 2. The van der Waals surface area contributed by atoms with Gasteiger partial charge in [0, 0.05) is 37.6 Å². The molecule has 114 valence electrons. The van der Waals surface area contributed by atoms with E-state index < -0.39 is 0 Å². The molecule has 3 rings (SSSR count). The highest BCUT2D eigenvalue weighted by Gasteiger charge is 2.19. The molecule has 0 spiro atoms. The molecule has 2 aromatic heterocycles. The number of halogens is 1. The zero-order valence-electron chi connectivity index (χ0n) is 11.7. The number of nitrogens with zero attached hydrogens (tertiary/aromatic N) is 4. The van der Waals surface area contributed by atoms with Gasteiger partial charge in [0.15, 0.2) is 5.82 Å². The van der Waals surface area contributed by atoms with E-state index in [1.165, 1.54) is 8.66 Å². The summed E-state index contributed by atoms with van der Waals surface area (Å²) in [7, 11) is 0. The van der Waals surface area contributed by atoms with E-state index in [1.54, 1.807) is 0 Å². The maximum absolute atomic E-state index is 5.47. The van der Waals surface area contributed by atoms with Crippen molar-refractivity contribution in [3.8, 4) is 0 Å². The Hall–Kier alpha value is -0.800. The first-order valence-electron chi connectivity index (χ1n) is 6.93. The van der Waals surface area contributed by atoms with Crippen molar-refractivity contribution in [2.24, 2.45) is 5.73 Å². The highest BCUT2D eigenvalue weighted by atomic mass is 79.9. The minimum atomic E-state index is 0.303. The van der Waals surface area contributed by atoms with Crippen molar-refractivity contribution in [2.75, 3.05) is 26.2 Å². The third-order valence-corrected chi connectivity index (χ3v) is 5.13. The molecule has 0 atom stereocenters. The lowest BCUT2D eigenvalue weighted by Gasteiger charge is -2.33. The maximum Gasteiger partial charge on any atom is 0.240 e. The van der Waals surface area contributed by atoms with Crippen LogP contribution in [0, 0.1) is 0 Å². The van der Waals surface area contributed by atoms with Gasteiger partial charge < -0.3 is 10.3 Å². The molecule has 0 aliphatic carbocycles. The summed E-state index contributed by atoms with van der Waals surface area (Å²) < 4.78 is 6.23. The lowest BCUT2D eigenvalue weighted by Crippen LogP contribution is -2.45. The van der Waals surface area contributed by atoms with E-state index in [9.17, 15) is 0 Å². The summed E-state index contributed by atoms with van der Waals surface area (Å²) in [5, 5.41) is 3.95. The van der Waals surface area contributed by atoms with E-state index in [-0.39, 0.29) is 0 Å². The smallest absolute Gasteiger partial charge is 0.240 e. The number of rotatable bonds is 5. The van der Waals surface area contributed by atoms with Crippen LogP contribution in [0.5, 0.6) is 0 Å². The van der Waals surface area contributed by atoms with Gasteiger partial charge in [-0.2, -0.15) is 4.98 Å². The molecule has 6 nitrogen and oxygen atoms in total. The zero-order valence-corrected chi connectivity index (χ0v) is 14.1. The first kappa shape index (κ1) is 15.1. The Bertz CT molecular complexity index is 579. The maximum atomic E-state index is 5.47. The van der Waals surface area contributed by atoms with Crippen molar-refractivity contribution in [3.63, 3.8) is 0 Å². The second kappa shape index (κ2) is 6.97. The van der Waals surface area contributed by atoms with Crippen LogP contribution in [0.1, 0.15) is 16.6 Å². The van der Waals surface area contributed by atoms with Crippen molar-refractivity contribution in [3.05, 3.63) is 32.5 Å². The first-order valence-corrected chi connectivity index (χ1v) is 8.54. The van der Waals surface area contributed by atoms with Crippen molar-refractivity contribution in [1.29, 1.82) is 0 Å². The summed E-state index contributed by atoms with van der Waals surface area (Å²) in [6.07, 6.45) is 0. The normalized spacial score (nSPS) is 17.4. The molecule has 1 fully saturated rings. The molecule has 1 saturated heterocycles. The summed E-state index contributed by atoms with van der Waals surface area (Å²) in [5.74, 6) is 1.23. The molecule has 8 heteroatoms. The third-order valence-electron chi connectivity index (χ3n) is 3.52. The SMILES string of the molecule is NCc1nc(CN2CCN(Cc3ccc(Br)s3)CC2)no1. The average Bonchev–Trinajstić information content (AvgIpc) is 3.10. The van der Waals surface area contributed by atoms with Gasteiger partial charge in [-0.15, -0.1) is 11.3 Å². The van der Waals surface area contributed by atoms with Gasteiger partial charge in [0.25, 0.3) is 0 Å². The van der Waals surface area contributed by atoms with Crippen molar-refractivity contribution in [1.82, 2.24) is 19.9 Å². The van der Waals surface area contributed by atoms with Gasteiger partial charge in [-0.25, -0.2) is 0 Å². The van der Waals surface area contributed by atoms with Crippen LogP contribution in [0.15, 0.2) is 20.4 Å². The highest BCUT2D eigenvalue weighted by Crippen LogP contribution is 2.23. The van der Waals surface area contributed by atoms with E-state index in [4.69, 9.17) is 10.3 Å². The summed E-state index contributed by atoms with van der Waals surface area (Å²) in [6, 6.07) is 4.30. The van der Waals surface area contributed by atoms with Gasteiger partial charge in [-0.1, -0.05) is 5.16 Å². The van der Waals surface area contributed by atoms with Gasteiger partial charge >= 0.3 is 0 Å². The fourth-order valence-electron chi connectivity index (χ4n) is 2.40. The van der Waals surface area contributed by atoms with Crippen LogP contribution in [-0.2, 0) is 19.6 Å². The third kappa shape index (κ3) is 4.10. The lowest BCUT2D eigenvalue weighted by atomic mass is 10.3. The van der Waals surface area contributed by atoms with Crippen molar-refractivity contribution >= 4 is 27.3 Å². The minimum Gasteiger partial charge on any atom is -0.338 e. The summed E-state index contributed by atoms with van der Waals surface area (Å²) in [4.78, 5) is 10.5. The number of hydrogen-bond acceptors (Lipinski definition) is 7. The quantitative estimate of drug-likeness (QED) is 0.861. The molecule has 0 saturated carbocycles. The van der Waals surface area contributed by atoms with Crippen LogP contribution in [0.25, 0.3) is 0 Å². The van der Waals surface area contributed by atoms with Gasteiger partial charge in [-0.3, -0.25) is 9.80 Å². The van der Waals surface area contributed by atoms with Crippen molar-refractivity contribution in [2.45, 2.75) is 19.6 Å². The number of nitrogens with two attached hydrogens (primary N) is 1. The fraction of sp³-hybridized carbons (Fsp3) is 0.538. The Morgan fingerprint density at radius 1 is 1.19 bits per heavy atom. The van der Waals surface area contributed by atoms with Gasteiger partial charge in [0.1, 0.15) is 0 Å². The number of hydrogen-bond donors (Lipinski definition) is 1. The first-order chi connectivity index (χ1) is 10.2. The van der Waals surface area contributed by atoms with Crippen LogP contribution in [0.3, 0.4) is 0 Å². The second-order valence-electron chi connectivity index (χ2n) is 5.07. The van der Waals surface area contributed by atoms with Gasteiger partial charge in [0.05, 0.1) is 16.9 Å². The monoisotopic (exact) mass is 371 g/mol. The molecular formula is C13H18BrN5OS. The molecule has 0 bridgehead atoms. The lowest BCUT2D eigenvalue weighted by molar-refractivity contribution is 0.120. The van der Waals surface area contributed by atoms with Gasteiger partial charge in [0.2, 0.25) is 5.89 Å². The van der Waals surface area contributed by atoms with E-state index in [2.05, 4.69) is 48.0 Å². The topological polar surface area (TPSA) is 71.4 Å². The molecule has 0 radical (unpaired) electrons. The van der Waals surface area contributed by atoms with E-state index in [1.807, 2.05) is 11.3 Å². The fourth-order valence-corrected chi connectivity index (χ4v) is 3.93. The summed E-state index contributed by atoms with van der Waals surface area (Å²) in [6.45, 7) is 6.26. The predicted octanol–water partition coefficient (Wildman–Crippen LogP) is 1.67. The van der Waals surface area contributed by atoms with Crippen LogP contribution < -0.4 is 5.73 Å². The molecular weight excluding hydrogens is 354 g/mol. The number of piperazine rings is 1. The Morgan fingerprint density at radius 2 is 1.90 bits per heavy atom. The summed E-state index contributed by atoms with van der Waals surface area (Å²) >= 11 is 5.32. The standard InChI is InChI=1S/C13H18BrN5OS/c14-11-2-1-10(21-11)8-18-3-5-19(6-4-18)9-12-16-13(7-15)20-17-12/h1-2H,3-9,15H2. The highest BCUT2D eigenvalue weighted by molar-refractivity contribution is 9.11. The average molecular weight is 372 g/mol. The molecule has 2 aromatic rings. The van der Waals surface area contributed by atoms with Gasteiger partial charge in [-0.05, 0) is 28.1 Å². The van der Waals surface area contributed by atoms with Crippen molar-refractivity contribution < 1.29 is 4.52 Å². The Kier molecular flexibility index (Phi) is 5.02.